The molecule has 2 heterocycles. The van der Waals surface area contributed by atoms with Crippen LogP contribution in [0.3, 0.4) is 0 Å². The molecule has 0 bridgehead atoms. The lowest BCUT2D eigenvalue weighted by Gasteiger charge is -2.31. The molecule has 3 aromatic rings. The quantitative estimate of drug-likeness (QED) is 0.163. The number of pyridine rings is 1. The van der Waals surface area contributed by atoms with E-state index in [1.807, 2.05) is 31.2 Å². The minimum Gasteiger partial charge on any atom is -0.507 e. The molecule has 2 unspecified atom stereocenters. The number of unbranched alkanes of at least 4 members (excludes halogenated alkanes) is 1. The predicted octanol–water partition coefficient (Wildman–Crippen LogP) is 3.72. The molecule has 2 atom stereocenters. The number of Topliss-reactive ketones (excluding diaryl/α,β-unsaturated/α-hetero) is 1. The first kappa shape index (κ1) is 23.1. The molecule has 2 amide bonds. The third kappa shape index (κ3) is 4.15. The van der Waals surface area contributed by atoms with E-state index < -0.39 is 29.7 Å². The summed E-state index contributed by atoms with van der Waals surface area (Å²) in [6.07, 6.45) is 1.55. The molecule has 1 aliphatic rings. The maximum Gasteiger partial charge on any atom is 0.296 e. The third-order valence-corrected chi connectivity index (χ3v) is 6.01. The molecule has 4 rings (SSSR count). The van der Waals surface area contributed by atoms with Crippen LogP contribution in [0.15, 0.2) is 72.3 Å². The fraction of sp³-hybridized carbons (Fsp3) is 0.231. The minimum absolute atomic E-state index is 0.147. The van der Waals surface area contributed by atoms with Crippen molar-refractivity contribution in [2.24, 2.45) is 0 Å². The monoisotopic (exact) mass is 459 g/mol. The predicted molar refractivity (Wildman–Crippen MR) is 126 cm³/mol. The first-order valence-electron chi connectivity index (χ1n) is 11.1. The lowest BCUT2D eigenvalue weighted by Crippen LogP contribution is -2.48. The number of ketones is 1. The topological polar surface area (TPSA) is 120 Å². The van der Waals surface area contributed by atoms with Gasteiger partial charge in [-0.1, -0.05) is 74.4 Å². The number of carbonyl (C=O) groups is 3. The van der Waals surface area contributed by atoms with Crippen molar-refractivity contribution in [3.8, 4) is 0 Å². The summed E-state index contributed by atoms with van der Waals surface area (Å²) in [5, 5.41) is 21.4. The van der Waals surface area contributed by atoms with Gasteiger partial charge in [-0.3, -0.25) is 24.6 Å². The molecular formula is C26H25N3O5. The van der Waals surface area contributed by atoms with Gasteiger partial charge < -0.3 is 10.0 Å². The highest BCUT2D eigenvalue weighted by Crippen LogP contribution is 2.41. The van der Waals surface area contributed by atoms with Crippen LogP contribution < -0.4 is 5.48 Å². The SMILES string of the molecule is CCCCC(C(=O)NO)N1C(=O)C(=O)C(=C(O)c2ccccc2)C1c1ccc2ccccc2n1. The van der Waals surface area contributed by atoms with Gasteiger partial charge in [-0.15, -0.1) is 0 Å². The number of hydrogen-bond donors (Lipinski definition) is 3. The lowest BCUT2D eigenvalue weighted by molar-refractivity contribution is -0.147. The third-order valence-electron chi connectivity index (χ3n) is 6.01. The molecule has 1 saturated heterocycles. The lowest BCUT2D eigenvalue weighted by atomic mass is 9.96. The number of benzene rings is 2. The average Bonchev–Trinajstić information content (AvgIpc) is 3.14. The van der Waals surface area contributed by atoms with Crippen molar-refractivity contribution < 1.29 is 24.7 Å². The molecule has 1 aliphatic heterocycles. The van der Waals surface area contributed by atoms with Crippen molar-refractivity contribution in [3.63, 3.8) is 0 Å². The Hall–Kier alpha value is -4.04. The van der Waals surface area contributed by atoms with Crippen molar-refractivity contribution in [1.82, 2.24) is 15.4 Å². The molecule has 1 aromatic heterocycles. The molecule has 8 heteroatoms. The Bertz CT molecular complexity index is 1270. The largest absolute Gasteiger partial charge is 0.507 e. The van der Waals surface area contributed by atoms with Crippen LogP contribution in [0.25, 0.3) is 16.7 Å². The van der Waals surface area contributed by atoms with E-state index in [0.717, 1.165) is 16.7 Å². The van der Waals surface area contributed by atoms with Crippen LogP contribution >= 0.6 is 0 Å². The minimum atomic E-state index is -1.12. The van der Waals surface area contributed by atoms with Crippen molar-refractivity contribution in [2.75, 3.05) is 0 Å². The summed E-state index contributed by atoms with van der Waals surface area (Å²) >= 11 is 0. The second-order valence-electron chi connectivity index (χ2n) is 8.14. The fourth-order valence-electron chi connectivity index (χ4n) is 4.32. The Morgan fingerprint density at radius 3 is 2.47 bits per heavy atom. The molecule has 0 saturated carbocycles. The van der Waals surface area contributed by atoms with E-state index in [0.29, 0.717) is 23.2 Å². The number of nitrogens with zero attached hydrogens (tertiary/aromatic N) is 2. The Labute approximate surface area is 196 Å². The molecule has 3 N–H and O–H groups in total. The Balaban J connectivity index is 1.94. The van der Waals surface area contributed by atoms with Crippen LogP contribution in [0, 0.1) is 0 Å². The number of carbonyl (C=O) groups excluding carboxylic acids is 3. The number of aliphatic hydroxyl groups is 1. The van der Waals surface area contributed by atoms with Crippen LogP contribution in [-0.4, -0.2) is 43.8 Å². The summed E-state index contributed by atoms with van der Waals surface area (Å²) in [5.41, 5.74) is 2.81. The second kappa shape index (κ2) is 9.84. The van der Waals surface area contributed by atoms with Gasteiger partial charge >= 0.3 is 0 Å². The molecule has 8 nitrogen and oxygen atoms in total. The van der Waals surface area contributed by atoms with Crippen LogP contribution in [0.2, 0.25) is 0 Å². The van der Waals surface area contributed by atoms with Gasteiger partial charge in [0.1, 0.15) is 17.8 Å². The van der Waals surface area contributed by atoms with Crippen molar-refractivity contribution in [2.45, 2.75) is 38.3 Å². The Morgan fingerprint density at radius 2 is 1.76 bits per heavy atom. The van der Waals surface area contributed by atoms with Gasteiger partial charge in [-0.25, -0.2) is 5.48 Å². The van der Waals surface area contributed by atoms with Gasteiger partial charge in [0.05, 0.1) is 16.8 Å². The number of para-hydroxylation sites is 1. The zero-order chi connectivity index (χ0) is 24.2. The second-order valence-corrected chi connectivity index (χ2v) is 8.14. The highest BCUT2D eigenvalue weighted by atomic mass is 16.5. The number of hydrogen-bond acceptors (Lipinski definition) is 6. The normalized spacial score (nSPS) is 18.3. The van der Waals surface area contributed by atoms with Gasteiger partial charge in [0.2, 0.25) is 0 Å². The van der Waals surface area contributed by atoms with Crippen LogP contribution in [-0.2, 0) is 14.4 Å². The average molecular weight is 460 g/mol. The van der Waals surface area contributed by atoms with E-state index in [2.05, 4.69) is 4.98 Å². The fourth-order valence-corrected chi connectivity index (χ4v) is 4.32. The molecule has 0 spiro atoms. The molecular weight excluding hydrogens is 434 g/mol. The first-order valence-corrected chi connectivity index (χ1v) is 11.1. The molecule has 174 valence electrons. The summed E-state index contributed by atoms with van der Waals surface area (Å²) < 4.78 is 0. The summed E-state index contributed by atoms with van der Waals surface area (Å²) in [7, 11) is 0. The maximum absolute atomic E-state index is 13.3. The number of rotatable bonds is 7. The van der Waals surface area contributed by atoms with Gasteiger partial charge in [-0.05, 0) is 18.6 Å². The summed E-state index contributed by atoms with van der Waals surface area (Å²) in [6, 6.07) is 17.1. The number of hydroxylamine groups is 1. The number of fused-ring (bicyclic) bond motifs is 1. The van der Waals surface area contributed by atoms with Gasteiger partial charge in [-0.2, -0.15) is 0 Å². The number of aliphatic hydroxyl groups excluding tert-OH is 1. The first-order chi connectivity index (χ1) is 16.5. The zero-order valence-electron chi connectivity index (χ0n) is 18.6. The molecule has 0 aliphatic carbocycles. The van der Waals surface area contributed by atoms with Gasteiger partial charge in [0.15, 0.2) is 0 Å². The zero-order valence-corrected chi connectivity index (χ0v) is 18.6. The van der Waals surface area contributed by atoms with Crippen LogP contribution in [0.5, 0.6) is 0 Å². The van der Waals surface area contributed by atoms with E-state index in [4.69, 9.17) is 0 Å². The van der Waals surface area contributed by atoms with E-state index in [9.17, 15) is 24.7 Å². The van der Waals surface area contributed by atoms with Crippen molar-refractivity contribution in [3.05, 3.63) is 83.6 Å². The van der Waals surface area contributed by atoms with E-state index >= 15 is 0 Å². The summed E-state index contributed by atoms with van der Waals surface area (Å²) in [4.78, 5) is 44.9. The van der Waals surface area contributed by atoms with E-state index in [-0.39, 0.29) is 17.8 Å². The van der Waals surface area contributed by atoms with Crippen molar-refractivity contribution in [1.29, 1.82) is 0 Å². The highest BCUT2D eigenvalue weighted by Gasteiger charge is 2.51. The number of likely N-dealkylation sites (tertiary alicyclic amines) is 1. The van der Waals surface area contributed by atoms with E-state index in [1.54, 1.807) is 47.9 Å². The summed E-state index contributed by atoms with van der Waals surface area (Å²) in [5.74, 6) is -2.99. The molecule has 1 fully saturated rings. The Morgan fingerprint density at radius 1 is 1.06 bits per heavy atom. The number of nitrogens with one attached hydrogen (secondary N) is 1. The van der Waals surface area contributed by atoms with Gasteiger partial charge in [0.25, 0.3) is 17.6 Å². The number of aromatic nitrogens is 1. The Kier molecular flexibility index (Phi) is 6.70. The van der Waals surface area contributed by atoms with Crippen molar-refractivity contribution >= 4 is 34.3 Å². The van der Waals surface area contributed by atoms with Crippen LogP contribution in [0.4, 0.5) is 0 Å². The molecule has 0 radical (unpaired) electrons. The highest BCUT2D eigenvalue weighted by molar-refractivity contribution is 6.47. The van der Waals surface area contributed by atoms with E-state index in [1.165, 1.54) is 0 Å². The van der Waals surface area contributed by atoms with Crippen LogP contribution in [0.1, 0.15) is 43.5 Å². The maximum atomic E-state index is 13.3. The molecule has 2 aromatic carbocycles. The molecule has 34 heavy (non-hydrogen) atoms. The van der Waals surface area contributed by atoms with Gasteiger partial charge in [0, 0.05) is 10.9 Å². The standard InChI is InChI=1S/C26H25N3O5/c1-2-3-13-20(25(32)28-34)29-22(19-15-14-16-9-7-8-12-18(16)27-19)21(24(31)26(29)33)23(30)17-10-5-4-6-11-17/h4-12,14-15,20,22,30,34H,2-3,13H2,1H3,(H,28,32). The number of amides is 2. The summed E-state index contributed by atoms with van der Waals surface area (Å²) in [6.45, 7) is 1.93. The smallest absolute Gasteiger partial charge is 0.296 e.